The zero-order valence-electron chi connectivity index (χ0n) is 12.0. The normalized spacial score (nSPS) is 11.6. The van der Waals surface area contributed by atoms with Crippen LogP contribution in [0.2, 0.25) is 0 Å². The lowest BCUT2D eigenvalue weighted by atomic mass is 9.89. The number of nitrogens with two attached hydrogens (primary N) is 1. The lowest BCUT2D eigenvalue weighted by molar-refractivity contribution is 0.0879. The predicted molar refractivity (Wildman–Crippen MR) is 73.4 cm³/mol. The van der Waals surface area contributed by atoms with E-state index in [1.807, 2.05) is 0 Å². The molecule has 1 rings (SSSR count). The molecule has 102 valence electrons. The van der Waals surface area contributed by atoms with Crippen molar-refractivity contribution in [1.82, 2.24) is 15.1 Å². The summed E-state index contributed by atoms with van der Waals surface area (Å²) in [5, 5.41) is 7.28. The van der Waals surface area contributed by atoms with Gasteiger partial charge in [0.2, 0.25) is 0 Å². The molecule has 5 heteroatoms. The number of carbonyl (C=O) groups excluding carboxylic acids is 1. The fourth-order valence-corrected chi connectivity index (χ4v) is 2.26. The fraction of sp³-hybridized carbons (Fsp3) is 0.692. The van der Waals surface area contributed by atoms with Crippen molar-refractivity contribution in [2.45, 2.75) is 52.5 Å². The molecule has 0 fully saturated rings. The Morgan fingerprint density at radius 3 is 2.17 bits per heavy atom. The lowest BCUT2D eigenvalue weighted by Crippen LogP contribution is -2.47. The van der Waals surface area contributed by atoms with Crippen molar-refractivity contribution in [3.05, 3.63) is 11.4 Å². The smallest absolute Gasteiger partial charge is 0.272 e. The number of hydrogen-bond acceptors (Lipinski definition) is 3. The van der Waals surface area contributed by atoms with Gasteiger partial charge in [-0.3, -0.25) is 9.48 Å². The number of amides is 1. The molecule has 0 saturated heterocycles. The second-order valence-corrected chi connectivity index (χ2v) is 4.77. The molecule has 1 aromatic rings. The number of nitrogens with zero attached hydrogens (tertiary/aromatic N) is 2. The first kappa shape index (κ1) is 14.5. The van der Waals surface area contributed by atoms with Gasteiger partial charge in [-0.2, -0.15) is 5.10 Å². The minimum atomic E-state index is -0.151. The summed E-state index contributed by atoms with van der Waals surface area (Å²) in [5.41, 5.74) is 7.36. The zero-order valence-corrected chi connectivity index (χ0v) is 12.0. The van der Waals surface area contributed by atoms with E-state index in [9.17, 15) is 4.79 Å². The molecule has 1 heterocycles. The van der Waals surface area contributed by atoms with Gasteiger partial charge in [-0.1, -0.05) is 20.8 Å². The predicted octanol–water partition coefficient (Wildman–Crippen LogP) is 2.01. The van der Waals surface area contributed by atoms with E-state index in [4.69, 9.17) is 5.73 Å². The van der Waals surface area contributed by atoms with Gasteiger partial charge < -0.3 is 11.1 Å². The molecule has 0 aliphatic carbocycles. The number of rotatable bonds is 5. The van der Waals surface area contributed by atoms with Gasteiger partial charge in [0.25, 0.3) is 5.91 Å². The van der Waals surface area contributed by atoms with Crippen LogP contribution in [0.15, 0.2) is 0 Å². The van der Waals surface area contributed by atoms with Gasteiger partial charge in [-0.25, -0.2) is 0 Å². The maximum Gasteiger partial charge on any atom is 0.272 e. The Hall–Kier alpha value is -1.52. The number of aromatic nitrogens is 2. The van der Waals surface area contributed by atoms with Crippen molar-refractivity contribution in [2.24, 2.45) is 7.05 Å². The second kappa shape index (κ2) is 5.42. The summed E-state index contributed by atoms with van der Waals surface area (Å²) >= 11 is 0. The number of aryl methyl sites for hydroxylation is 2. The first-order valence-electron chi connectivity index (χ1n) is 6.52. The first-order valence-corrected chi connectivity index (χ1v) is 6.52. The molecule has 3 N–H and O–H groups in total. The van der Waals surface area contributed by atoms with Crippen LogP contribution >= 0.6 is 0 Å². The Balaban J connectivity index is 3.01. The van der Waals surface area contributed by atoms with E-state index in [-0.39, 0.29) is 11.4 Å². The van der Waals surface area contributed by atoms with Crippen LogP contribution in [-0.2, 0) is 7.05 Å². The molecule has 0 aliphatic heterocycles. The van der Waals surface area contributed by atoms with Gasteiger partial charge in [-0.05, 0) is 26.2 Å². The number of anilines is 1. The highest BCUT2D eigenvalue weighted by molar-refractivity contribution is 5.98. The van der Waals surface area contributed by atoms with E-state index in [0.29, 0.717) is 17.1 Å². The van der Waals surface area contributed by atoms with Gasteiger partial charge >= 0.3 is 0 Å². The third kappa shape index (κ3) is 2.49. The summed E-state index contributed by atoms with van der Waals surface area (Å²) in [6.07, 6.45) is 2.72. The summed E-state index contributed by atoms with van der Waals surface area (Å²) in [4.78, 5) is 12.3. The zero-order chi connectivity index (χ0) is 13.9. The minimum absolute atomic E-state index is 0.138. The van der Waals surface area contributed by atoms with Gasteiger partial charge in [0.1, 0.15) is 5.69 Å². The van der Waals surface area contributed by atoms with Gasteiger partial charge in [0, 0.05) is 12.6 Å². The number of hydrogen-bond donors (Lipinski definition) is 2. The van der Waals surface area contributed by atoms with Gasteiger partial charge in [0.05, 0.1) is 11.4 Å². The van der Waals surface area contributed by atoms with Crippen molar-refractivity contribution in [3.8, 4) is 0 Å². The summed E-state index contributed by atoms with van der Waals surface area (Å²) in [7, 11) is 1.74. The van der Waals surface area contributed by atoms with Crippen LogP contribution in [0, 0.1) is 6.92 Å². The van der Waals surface area contributed by atoms with Crippen molar-refractivity contribution in [2.75, 3.05) is 5.73 Å². The minimum Gasteiger partial charge on any atom is -0.395 e. The van der Waals surface area contributed by atoms with Gasteiger partial charge in [-0.15, -0.1) is 0 Å². The Kier molecular flexibility index (Phi) is 4.38. The number of nitrogen functional groups attached to an aromatic ring is 1. The van der Waals surface area contributed by atoms with E-state index < -0.39 is 0 Å². The Bertz CT molecular complexity index is 424. The van der Waals surface area contributed by atoms with E-state index in [0.717, 1.165) is 19.3 Å². The maximum absolute atomic E-state index is 12.3. The molecule has 0 saturated carbocycles. The molecule has 0 unspecified atom stereocenters. The van der Waals surface area contributed by atoms with Crippen molar-refractivity contribution in [1.29, 1.82) is 0 Å². The fourth-order valence-electron chi connectivity index (χ4n) is 2.26. The van der Waals surface area contributed by atoms with Crippen LogP contribution in [0.5, 0.6) is 0 Å². The molecule has 0 aromatic carbocycles. The van der Waals surface area contributed by atoms with Crippen LogP contribution in [0.25, 0.3) is 0 Å². The number of nitrogens with one attached hydrogen (secondary N) is 1. The highest BCUT2D eigenvalue weighted by Crippen LogP contribution is 2.22. The van der Waals surface area contributed by atoms with Gasteiger partial charge in [0.15, 0.2) is 0 Å². The maximum atomic E-state index is 12.3. The van der Waals surface area contributed by atoms with E-state index >= 15 is 0 Å². The lowest BCUT2D eigenvalue weighted by Gasteiger charge is -2.31. The molecule has 5 nitrogen and oxygen atoms in total. The van der Waals surface area contributed by atoms with Crippen LogP contribution in [-0.4, -0.2) is 21.2 Å². The molecule has 0 spiro atoms. The largest absolute Gasteiger partial charge is 0.395 e. The Morgan fingerprint density at radius 1 is 1.33 bits per heavy atom. The second-order valence-electron chi connectivity index (χ2n) is 4.77. The summed E-state index contributed by atoms with van der Waals surface area (Å²) in [6.45, 7) is 8.07. The third-order valence-electron chi connectivity index (χ3n) is 3.89. The van der Waals surface area contributed by atoms with Crippen LogP contribution in [0.1, 0.15) is 56.2 Å². The van der Waals surface area contributed by atoms with Crippen LogP contribution in [0.4, 0.5) is 5.69 Å². The van der Waals surface area contributed by atoms with E-state index in [1.54, 1.807) is 18.7 Å². The van der Waals surface area contributed by atoms with E-state index in [2.05, 4.69) is 31.2 Å². The molecule has 0 atom stereocenters. The SMILES string of the molecule is CCC(CC)(CC)NC(=O)c1c(N)c(C)nn1C. The number of carbonyl (C=O) groups is 1. The van der Waals surface area contributed by atoms with E-state index in [1.165, 1.54) is 0 Å². The molecular formula is C13H24N4O. The topological polar surface area (TPSA) is 72.9 Å². The Labute approximate surface area is 109 Å². The van der Waals surface area contributed by atoms with Crippen molar-refractivity contribution >= 4 is 11.6 Å². The summed E-state index contributed by atoms with van der Waals surface area (Å²) in [6, 6.07) is 0. The average Bonchev–Trinajstić information content (AvgIpc) is 2.60. The quantitative estimate of drug-likeness (QED) is 0.842. The molecule has 0 radical (unpaired) electrons. The monoisotopic (exact) mass is 252 g/mol. The molecule has 0 bridgehead atoms. The summed E-state index contributed by atoms with van der Waals surface area (Å²) in [5.74, 6) is -0.138. The average molecular weight is 252 g/mol. The standard InChI is InChI=1S/C13H24N4O/c1-6-13(7-2,8-3)15-12(18)11-10(14)9(4)16-17(11)5/h6-8,14H2,1-5H3,(H,15,18). The molecule has 0 aliphatic rings. The van der Waals surface area contributed by atoms with Crippen molar-refractivity contribution in [3.63, 3.8) is 0 Å². The van der Waals surface area contributed by atoms with Crippen LogP contribution in [0.3, 0.4) is 0 Å². The Morgan fingerprint density at radius 2 is 1.83 bits per heavy atom. The van der Waals surface area contributed by atoms with Crippen LogP contribution < -0.4 is 11.1 Å². The summed E-state index contributed by atoms with van der Waals surface area (Å²) < 4.78 is 1.55. The highest BCUT2D eigenvalue weighted by Gasteiger charge is 2.28. The first-order chi connectivity index (χ1) is 8.40. The molecule has 1 aromatic heterocycles. The molecule has 18 heavy (non-hydrogen) atoms. The van der Waals surface area contributed by atoms with Crippen molar-refractivity contribution < 1.29 is 4.79 Å². The molecular weight excluding hydrogens is 228 g/mol. The third-order valence-corrected chi connectivity index (χ3v) is 3.89. The molecule has 1 amide bonds. The highest BCUT2D eigenvalue weighted by atomic mass is 16.2.